The number of pyridine rings is 1. The first-order valence-electron chi connectivity index (χ1n) is 12.4. The van der Waals surface area contributed by atoms with Crippen molar-refractivity contribution in [3.8, 4) is 34.2 Å². The summed E-state index contributed by atoms with van der Waals surface area (Å²) in [5.41, 5.74) is 5.90. The molecule has 38 heavy (non-hydrogen) atoms. The smallest absolute Gasteiger partial charge is 0.225 e. The lowest BCUT2D eigenvalue weighted by Gasteiger charge is -2.34. The fourth-order valence-electron chi connectivity index (χ4n) is 4.94. The van der Waals surface area contributed by atoms with Gasteiger partial charge in [0, 0.05) is 75.1 Å². The van der Waals surface area contributed by atoms with Crippen LogP contribution in [0.3, 0.4) is 0 Å². The molecular formula is C28H27N9O. The number of methoxy groups -OCH3 is 1. The zero-order valence-corrected chi connectivity index (χ0v) is 21.3. The number of ether oxygens (including phenoxy) is 1. The summed E-state index contributed by atoms with van der Waals surface area (Å²) in [4.78, 5) is 18.5. The van der Waals surface area contributed by atoms with Crippen LogP contribution in [0.2, 0.25) is 0 Å². The van der Waals surface area contributed by atoms with E-state index in [0.717, 1.165) is 60.9 Å². The minimum atomic E-state index is 0.461. The molecule has 5 aromatic rings. The zero-order chi connectivity index (χ0) is 26.1. The maximum Gasteiger partial charge on any atom is 0.225 e. The van der Waals surface area contributed by atoms with Gasteiger partial charge in [0.15, 0.2) is 0 Å². The highest BCUT2D eigenvalue weighted by Gasteiger charge is 2.21. The molecule has 0 atom stereocenters. The molecular weight excluding hydrogens is 478 g/mol. The Kier molecular flexibility index (Phi) is 6.19. The molecule has 10 heteroatoms. The Morgan fingerprint density at radius 2 is 1.71 bits per heavy atom. The van der Waals surface area contributed by atoms with Crippen molar-refractivity contribution in [2.45, 2.75) is 6.54 Å². The molecule has 10 nitrogen and oxygen atoms in total. The first-order valence-corrected chi connectivity index (χ1v) is 12.4. The molecule has 6 rings (SSSR count). The molecule has 1 aromatic carbocycles. The van der Waals surface area contributed by atoms with Gasteiger partial charge in [-0.2, -0.15) is 10.4 Å². The van der Waals surface area contributed by atoms with E-state index in [2.05, 4.69) is 32.0 Å². The molecule has 4 aromatic heterocycles. The lowest BCUT2D eigenvalue weighted by atomic mass is 10.1. The molecule has 0 saturated carbocycles. The summed E-state index contributed by atoms with van der Waals surface area (Å²) >= 11 is 0. The predicted molar refractivity (Wildman–Crippen MR) is 144 cm³/mol. The van der Waals surface area contributed by atoms with E-state index in [9.17, 15) is 5.26 Å². The predicted octanol–water partition coefficient (Wildman–Crippen LogP) is 3.39. The Hall–Kier alpha value is -4.75. The summed E-state index contributed by atoms with van der Waals surface area (Å²) < 4.78 is 9.12. The van der Waals surface area contributed by atoms with Crippen molar-refractivity contribution in [1.29, 1.82) is 5.26 Å². The number of nitrogens with zero attached hydrogens (tertiary/aromatic N) is 9. The van der Waals surface area contributed by atoms with Gasteiger partial charge in [-0.05, 0) is 23.8 Å². The van der Waals surface area contributed by atoms with Crippen molar-refractivity contribution >= 4 is 11.6 Å². The highest BCUT2D eigenvalue weighted by Crippen LogP contribution is 2.29. The summed E-state index contributed by atoms with van der Waals surface area (Å²) in [5.74, 6) is 1.63. The molecule has 0 radical (unpaired) electrons. The van der Waals surface area contributed by atoms with Crippen molar-refractivity contribution in [3.05, 3.63) is 78.6 Å². The molecule has 1 saturated heterocycles. The number of nitriles is 1. The lowest BCUT2D eigenvalue weighted by molar-refractivity contribution is 0.245. The molecule has 0 spiro atoms. The third kappa shape index (κ3) is 4.44. The molecule has 5 heterocycles. The third-order valence-electron chi connectivity index (χ3n) is 6.94. The van der Waals surface area contributed by atoms with Crippen molar-refractivity contribution in [3.63, 3.8) is 0 Å². The number of aromatic nitrogens is 6. The fourth-order valence-corrected chi connectivity index (χ4v) is 4.94. The van der Waals surface area contributed by atoms with Gasteiger partial charge < -0.3 is 9.64 Å². The van der Waals surface area contributed by atoms with E-state index in [-0.39, 0.29) is 0 Å². The van der Waals surface area contributed by atoms with E-state index in [0.29, 0.717) is 17.3 Å². The second kappa shape index (κ2) is 9.95. The first-order chi connectivity index (χ1) is 18.6. The Morgan fingerprint density at radius 1 is 0.921 bits per heavy atom. The van der Waals surface area contributed by atoms with Gasteiger partial charge in [0.25, 0.3) is 0 Å². The van der Waals surface area contributed by atoms with E-state index < -0.39 is 0 Å². The van der Waals surface area contributed by atoms with E-state index >= 15 is 0 Å². The average Bonchev–Trinajstić information content (AvgIpc) is 3.59. The number of para-hydroxylation sites is 1. The average molecular weight is 506 g/mol. The summed E-state index contributed by atoms with van der Waals surface area (Å²) in [6, 6.07) is 14.4. The number of hydrogen-bond acceptors (Lipinski definition) is 8. The second-order valence-corrected chi connectivity index (χ2v) is 9.33. The van der Waals surface area contributed by atoms with Crippen LogP contribution in [0.5, 0.6) is 5.75 Å². The van der Waals surface area contributed by atoms with Crippen LogP contribution in [-0.4, -0.2) is 67.3 Å². The largest absolute Gasteiger partial charge is 0.496 e. The molecule has 0 bridgehead atoms. The summed E-state index contributed by atoms with van der Waals surface area (Å²) in [6.45, 7) is 4.37. The standard InChI is InChI=1S/C28H27N9O/c1-34-18-23(16-33-34)21-11-25(37-24(13-29)17-30-27(37)12-21)22-14-31-28(32-15-22)36-9-7-35(8-10-36)19-20-5-3-4-6-26(20)38-2/h3-6,11-12,14-18H,7-10,19H2,1-2H3. The number of aryl methyl sites for hydroxylation is 1. The van der Waals surface area contributed by atoms with E-state index in [1.54, 1.807) is 18.0 Å². The maximum absolute atomic E-state index is 9.67. The highest BCUT2D eigenvalue weighted by atomic mass is 16.5. The topological polar surface area (TPSA) is 100 Å². The van der Waals surface area contributed by atoms with E-state index in [4.69, 9.17) is 14.7 Å². The Balaban J connectivity index is 1.23. The van der Waals surface area contributed by atoms with E-state index in [1.807, 2.05) is 66.6 Å². The monoisotopic (exact) mass is 505 g/mol. The van der Waals surface area contributed by atoms with Gasteiger partial charge in [-0.25, -0.2) is 15.0 Å². The van der Waals surface area contributed by atoms with Gasteiger partial charge in [0.05, 0.1) is 25.2 Å². The zero-order valence-electron chi connectivity index (χ0n) is 21.3. The van der Waals surface area contributed by atoms with Gasteiger partial charge in [0.2, 0.25) is 5.95 Å². The highest BCUT2D eigenvalue weighted by molar-refractivity contribution is 5.75. The molecule has 1 aliphatic rings. The lowest BCUT2D eigenvalue weighted by Crippen LogP contribution is -2.46. The van der Waals surface area contributed by atoms with Crippen LogP contribution in [0.15, 0.2) is 67.4 Å². The summed E-state index contributed by atoms with van der Waals surface area (Å²) in [5, 5.41) is 14.0. The molecule has 0 unspecified atom stereocenters. The van der Waals surface area contributed by atoms with Crippen LogP contribution in [0, 0.1) is 11.3 Å². The number of hydrogen-bond donors (Lipinski definition) is 0. The molecule has 0 amide bonds. The van der Waals surface area contributed by atoms with Crippen LogP contribution in [0.1, 0.15) is 11.3 Å². The van der Waals surface area contributed by atoms with Crippen molar-refractivity contribution in [2.24, 2.45) is 7.05 Å². The Bertz CT molecular complexity index is 1620. The van der Waals surface area contributed by atoms with Gasteiger partial charge in [-0.1, -0.05) is 18.2 Å². The third-order valence-corrected chi connectivity index (χ3v) is 6.94. The normalized spacial score (nSPS) is 14.1. The quantitative estimate of drug-likeness (QED) is 0.346. The van der Waals surface area contributed by atoms with Gasteiger partial charge in [0.1, 0.15) is 23.2 Å². The Labute approximate surface area is 220 Å². The number of benzene rings is 1. The van der Waals surface area contributed by atoms with Crippen LogP contribution in [0.4, 0.5) is 5.95 Å². The minimum absolute atomic E-state index is 0.461. The molecule has 190 valence electrons. The van der Waals surface area contributed by atoms with Crippen molar-refractivity contribution < 1.29 is 4.74 Å². The van der Waals surface area contributed by atoms with Gasteiger partial charge in [-0.3, -0.25) is 14.0 Å². The number of piperazine rings is 1. The van der Waals surface area contributed by atoms with Crippen LogP contribution in [-0.2, 0) is 13.6 Å². The Morgan fingerprint density at radius 3 is 2.42 bits per heavy atom. The van der Waals surface area contributed by atoms with Gasteiger partial charge in [-0.15, -0.1) is 0 Å². The number of rotatable bonds is 6. The SMILES string of the molecule is COc1ccccc1CN1CCN(c2ncc(-c3cc(-c4cnn(C)c4)cc4ncc(C#N)n34)cn2)CC1. The molecule has 0 aliphatic carbocycles. The molecule has 0 N–H and O–H groups in total. The van der Waals surface area contributed by atoms with E-state index in [1.165, 1.54) is 5.56 Å². The van der Waals surface area contributed by atoms with Crippen molar-refractivity contribution in [2.75, 3.05) is 38.2 Å². The minimum Gasteiger partial charge on any atom is -0.496 e. The van der Waals surface area contributed by atoms with Gasteiger partial charge >= 0.3 is 0 Å². The molecule has 1 aliphatic heterocycles. The first kappa shape index (κ1) is 23.6. The van der Waals surface area contributed by atoms with Crippen LogP contribution in [0.25, 0.3) is 28.0 Å². The number of imidazole rings is 1. The number of anilines is 1. The van der Waals surface area contributed by atoms with Crippen molar-refractivity contribution in [1.82, 2.24) is 34.0 Å². The van der Waals surface area contributed by atoms with Crippen LogP contribution < -0.4 is 9.64 Å². The maximum atomic E-state index is 9.67. The summed E-state index contributed by atoms with van der Waals surface area (Å²) in [6.07, 6.45) is 9.01. The second-order valence-electron chi connectivity index (χ2n) is 9.33. The molecule has 1 fully saturated rings. The summed E-state index contributed by atoms with van der Waals surface area (Å²) in [7, 11) is 3.60. The fraction of sp³-hybridized carbons (Fsp3) is 0.250. The number of fused-ring (bicyclic) bond motifs is 1. The van der Waals surface area contributed by atoms with Crippen LogP contribution >= 0.6 is 0 Å².